The average molecular weight is 320 g/mol. The molecule has 0 aliphatic carbocycles. The van der Waals surface area contributed by atoms with Gasteiger partial charge in [-0.2, -0.15) is 0 Å². The quantitative estimate of drug-likeness (QED) is 0.851. The van der Waals surface area contributed by atoms with E-state index in [0.717, 1.165) is 17.5 Å². The van der Waals surface area contributed by atoms with Crippen LogP contribution >= 0.6 is 11.6 Å². The molecule has 1 aromatic carbocycles. The highest BCUT2D eigenvalue weighted by Gasteiger charge is 2.21. The maximum atomic E-state index is 12.3. The Hall–Kier alpha value is -1.91. The van der Waals surface area contributed by atoms with E-state index in [-0.39, 0.29) is 10.5 Å². The van der Waals surface area contributed by atoms with Crippen molar-refractivity contribution in [1.29, 1.82) is 0 Å². The fourth-order valence-corrected chi connectivity index (χ4v) is 2.35. The van der Waals surface area contributed by atoms with Crippen molar-refractivity contribution in [3.63, 3.8) is 0 Å². The Labute approximate surface area is 133 Å². The molecule has 2 N–H and O–H groups in total. The molecule has 1 heterocycles. The number of hydrogen-bond acceptors (Lipinski definition) is 3. The number of ketones is 1. The van der Waals surface area contributed by atoms with Crippen LogP contribution in [0.1, 0.15) is 32.0 Å². The van der Waals surface area contributed by atoms with E-state index in [4.69, 9.17) is 11.6 Å². The van der Waals surface area contributed by atoms with Gasteiger partial charge in [-0.05, 0) is 44.1 Å². The summed E-state index contributed by atoms with van der Waals surface area (Å²) < 4.78 is 0. The smallest absolute Gasteiger partial charge is 0.208 e. The van der Waals surface area contributed by atoms with Crippen molar-refractivity contribution >= 4 is 34.4 Å². The number of fused-ring (bicyclic) bond motifs is 1. The Morgan fingerprint density at radius 3 is 2.68 bits per heavy atom. The van der Waals surface area contributed by atoms with Gasteiger partial charge in [0.1, 0.15) is 10.6 Å². The first-order valence-electron chi connectivity index (χ1n) is 7.04. The van der Waals surface area contributed by atoms with Gasteiger partial charge in [-0.25, -0.2) is 0 Å². The van der Waals surface area contributed by atoms with Crippen LogP contribution in [0.2, 0.25) is 5.02 Å². The highest BCUT2D eigenvalue weighted by Crippen LogP contribution is 2.20. The van der Waals surface area contributed by atoms with Crippen LogP contribution in [0.25, 0.3) is 17.0 Å². The minimum Gasteiger partial charge on any atom is -0.382 e. The lowest BCUT2D eigenvalue weighted by atomic mass is 10.0. The number of aromatic nitrogens is 1. The summed E-state index contributed by atoms with van der Waals surface area (Å²) in [7, 11) is 0. The fraction of sp³-hybridized carbons (Fsp3) is 0.294. The van der Waals surface area contributed by atoms with Gasteiger partial charge in [-0.1, -0.05) is 30.7 Å². The second-order valence-electron chi connectivity index (χ2n) is 5.63. The second-order valence-corrected chi connectivity index (χ2v) is 6.01. The Morgan fingerprint density at radius 2 is 2.09 bits per heavy atom. The molecular weight excluding hydrogens is 302 g/mol. The second kappa shape index (κ2) is 6.07. The van der Waals surface area contributed by atoms with E-state index in [1.54, 1.807) is 6.07 Å². The number of nitrogens with one attached hydrogen (secondary N) is 1. The number of carbonyl (C=O) groups is 1. The predicted molar refractivity (Wildman–Crippen MR) is 89.3 cm³/mol. The molecular formula is C17H18ClNO3. The van der Waals surface area contributed by atoms with E-state index in [2.05, 4.69) is 4.98 Å². The van der Waals surface area contributed by atoms with Gasteiger partial charge in [0.15, 0.2) is 5.78 Å². The molecule has 5 heteroatoms. The number of para-hydroxylation sites is 1. The summed E-state index contributed by atoms with van der Waals surface area (Å²) in [4.78, 5) is 27.2. The molecule has 0 fully saturated rings. The van der Waals surface area contributed by atoms with E-state index in [9.17, 15) is 14.7 Å². The fourth-order valence-electron chi connectivity index (χ4n) is 2.14. The van der Waals surface area contributed by atoms with Gasteiger partial charge in [0, 0.05) is 5.39 Å². The zero-order chi connectivity index (χ0) is 16.5. The van der Waals surface area contributed by atoms with Crippen molar-refractivity contribution in [3.8, 4) is 0 Å². The maximum Gasteiger partial charge on any atom is 0.208 e. The van der Waals surface area contributed by atoms with Gasteiger partial charge in [-0.15, -0.1) is 0 Å². The molecule has 0 amide bonds. The molecule has 0 unspecified atom stereocenters. The summed E-state index contributed by atoms with van der Waals surface area (Å²) in [5.74, 6) is -0.465. The van der Waals surface area contributed by atoms with Gasteiger partial charge in [-0.3, -0.25) is 9.59 Å². The van der Waals surface area contributed by atoms with Crippen LogP contribution in [0, 0.1) is 0 Å². The Morgan fingerprint density at radius 1 is 1.41 bits per heavy atom. The first-order valence-corrected chi connectivity index (χ1v) is 7.41. The molecule has 0 bridgehead atoms. The minimum atomic E-state index is -1.46. The third kappa shape index (κ3) is 3.13. The third-order valence-electron chi connectivity index (χ3n) is 3.48. The highest BCUT2D eigenvalue weighted by atomic mass is 35.5. The minimum absolute atomic E-state index is 0.0283. The van der Waals surface area contributed by atoms with E-state index in [1.807, 2.05) is 19.1 Å². The molecule has 0 spiro atoms. The molecule has 0 atom stereocenters. The lowest BCUT2D eigenvalue weighted by Gasteiger charge is -2.12. The van der Waals surface area contributed by atoms with E-state index < -0.39 is 11.4 Å². The summed E-state index contributed by atoms with van der Waals surface area (Å²) in [5.41, 5.74) is 0.331. The first kappa shape index (κ1) is 16.5. The number of benzene rings is 1. The number of aliphatic hydroxyl groups is 1. The van der Waals surface area contributed by atoms with E-state index >= 15 is 0 Å². The standard InChI is InChI=1S/C17H18ClNO3/c1-4-10-6-5-7-11-15(10)19-12(14(18)16(11)21)8-9-13(20)17(2,3)22/h5-9,22H,4H2,1-3H3,(H,19,21). The zero-order valence-electron chi connectivity index (χ0n) is 12.7. The van der Waals surface area contributed by atoms with Crippen LogP contribution in [0.5, 0.6) is 0 Å². The van der Waals surface area contributed by atoms with Crippen LogP contribution in [0.3, 0.4) is 0 Å². The van der Waals surface area contributed by atoms with Crippen molar-refractivity contribution < 1.29 is 9.90 Å². The molecule has 2 aromatic rings. The summed E-state index contributed by atoms with van der Waals surface area (Å²) in [6.45, 7) is 4.80. The zero-order valence-corrected chi connectivity index (χ0v) is 13.5. The lowest BCUT2D eigenvalue weighted by molar-refractivity contribution is -0.128. The number of carbonyl (C=O) groups excluding carboxylic acids is 1. The normalized spacial score (nSPS) is 12.2. The average Bonchev–Trinajstić information content (AvgIpc) is 2.47. The van der Waals surface area contributed by atoms with Crippen molar-refractivity contribution in [2.24, 2.45) is 0 Å². The molecule has 2 rings (SSSR count). The Bertz CT molecular complexity index is 813. The molecule has 0 radical (unpaired) electrons. The summed E-state index contributed by atoms with van der Waals surface area (Å²) in [6, 6.07) is 5.47. The van der Waals surface area contributed by atoms with Crippen LogP contribution in [0.15, 0.2) is 29.1 Å². The van der Waals surface area contributed by atoms with Crippen LogP contribution in [-0.4, -0.2) is 21.5 Å². The topological polar surface area (TPSA) is 70.2 Å². The molecule has 0 saturated carbocycles. The van der Waals surface area contributed by atoms with Crippen molar-refractivity contribution in [1.82, 2.24) is 4.98 Å². The highest BCUT2D eigenvalue weighted by molar-refractivity contribution is 6.32. The van der Waals surface area contributed by atoms with Crippen molar-refractivity contribution in [2.45, 2.75) is 32.8 Å². The number of aromatic amines is 1. The van der Waals surface area contributed by atoms with Crippen LogP contribution < -0.4 is 5.43 Å². The third-order valence-corrected chi connectivity index (χ3v) is 3.85. The first-order chi connectivity index (χ1) is 10.3. The van der Waals surface area contributed by atoms with Gasteiger partial charge in [0.25, 0.3) is 0 Å². The number of halogens is 1. The molecule has 116 valence electrons. The molecule has 0 saturated heterocycles. The monoisotopic (exact) mass is 319 g/mol. The number of H-pyrrole nitrogens is 1. The predicted octanol–water partition coefficient (Wildman–Crippen LogP) is 3.10. The lowest BCUT2D eigenvalue weighted by Crippen LogP contribution is -2.29. The SMILES string of the molecule is CCc1cccc2c(=O)c(Cl)c(C=CC(=O)C(C)(C)O)[nH]c12. The largest absolute Gasteiger partial charge is 0.382 e. The van der Waals surface area contributed by atoms with Crippen LogP contribution in [0.4, 0.5) is 0 Å². The molecule has 22 heavy (non-hydrogen) atoms. The van der Waals surface area contributed by atoms with E-state index in [1.165, 1.54) is 26.0 Å². The summed E-state index contributed by atoms with van der Waals surface area (Å²) in [5, 5.41) is 10.2. The number of pyridine rings is 1. The molecule has 1 aromatic heterocycles. The van der Waals surface area contributed by atoms with E-state index in [0.29, 0.717) is 11.1 Å². The summed E-state index contributed by atoms with van der Waals surface area (Å²) >= 11 is 6.10. The van der Waals surface area contributed by atoms with Gasteiger partial charge in [0.05, 0.1) is 11.2 Å². The van der Waals surface area contributed by atoms with Crippen LogP contribution in [-0.2, 0) is 11.2 Å². The van der Waals surface area contributed by atoms with Crippen molar-refractivity contribution in [3.05, 3.63) is 50.8 Å². The molecule has 0 aliphatic heterocycles. The van der Waals surface area contributed by atoms with Gasteiger partial charge >= 0.3 is 0 Å². The van der Waals surface area contributed by atoms with Crippen molar-refractivity contribution in [2.75, 3.05) is 0 Å². The number of rotatable bonds is 4. The van der Waals surface area contributed by atoms with Gasteiger partial charge in [0.2, 0.25) is 5.43 Å². The Balaban J connectivity index is 2.61. The molecule has 0 aliphatic rings. The Kier molecular flexibility index (Phi) is 4.54. The maximum absolute atomic E-state index is 12.3. The number of aryl methyl sites for hydroxylation is 1. The van der Waals surface area contributed by atoms with Gasteiger partial charge < -0.3 is 10.1 Å². The summed E-state index contributed by atoms with van der Waals surface area (Å²) in [6.07, 6.45) is 3.41. The number of hydrogen-bond donors (Lipinski definition) is 2. The molecule has 4 nitrogen and oxygen atoms in total.